The number of carbonyl (C=O) groups excluding carboxylic acids is 1. The van der Waals surface area contributed by atoms with Crippen molar-refractivity contribution in [1.82, 2.24) is 0 Å². The largest absolute Gasteiger partial charge is 0.289 e. The molecule has 0 saturated heterocycles. The highest BCUT2D eigenvalue weighted by Gasteiger charge is 2.08. The predicted molar refractivity (Wildman–Crippen MR) is 90.4 cm³/mol. The summed E-state index contributed by atoms with van der Waals surface area (Å²) in [5.41, 5.74) is 2.67. The van der Waals surface area contributed by atoms with Crippen LogP contribution in [0.25, 0.3) is 6.08 Å². The van der Waals surface area contributed by atoms with Crippen LogP contribution >= 0.6 is 23.2 Å². The Bertz CT molecular complexity index is 670. The fourth-order valence-electron chi connectivity index (χ4n) is 1.94. The molecule has 21 heavy (non-hydrogen) atoms. The van der Waals surface area contributed by atoms with E-state index in [1.165, 1.54) is 11.6 Å². The van der Waals surface area contributed by atoms with Crippen LogP contribution in [0.3, 0.4) is 0 Å². The van der Waals surface area contributed by atoms with Crippen LogP contribution in [0.5, 0.6) is 0 Å². The van der Waals surface area contributed by atoms with Gasteiger partial charge in [-0.25, -0.2) is 0 Å². The van der Waals surface area contributed by atoms with Crippen molar-refractivity contribution >= 4 is 35.1 Å². The summed E-state index contributed by atoms with van der Waals surface area (Å²) in [5, 5.41) is 0.904. The molecule has 0 N–H and O–H groups in total. The molecule has 0 fully saturated rings. The summed E-state index contributed by atoms with van der Waals surface area (Å²) < 4.78 is 0. The van der Waals surface area contributed by atoms with Crippen molar-refractivity contribution < 1.29 is 4.79 Å². The summed E-state index contributed by atoms with van der Waals surface area (Å²) in [4.78, 5) is 12.1. The molecule has 108 valence electrons. The van der Waals surface area contributed by atoms with E-state index in [0.29, 0.717) is 21.5 Å². The number of halogens is 2. The third kappa shape index (κ3) is 4.20. The Balaban J connectivity index is 2.16. The quantitative estimate of drug-likeness (QED) is 0.498. The molecule has 0 aliphatic rings. The van der Waals surface area contributed by atoms with Crippen molar-refractivity contribution in [3.8, 4) is 0 Å². The Morgan fingerprint density at radius 1 is 1.05 bits per heavy atom. The second-order valence-electron chi connectivity index (χ2n) is 5.14. The summed E-state index contributed by atoms with van der Waals surface area (Å²) in [5.74, 6) is 0.338. The van der Waals surface area contributed by atoms with Gasteiger partial charge >= 0.3 is 0 Å². The van der Waals surface area contributed by atoms with E-state index in [-0.39, 0.29) is 5.78 Å². The van der Waals surface area contributed by atoms with Crippen molar-refractivity contribution in [2.75, 3.05) is 0 Å². The zero-order valence-electron chi connectivity index (χ0n) is 11.9. The number of hydrogen-bond acceptors (Lipinski definition) is 1. The number of benzene rings is 2. The maximum Gasteiger partial charge on any atom is 0.187 e. The zero-order valence-corrected chi connectivity index (χ0v) is 13.4. The van der Waals surface area contributed by atoms with Crippen LogP contribution in [-0.4, -0.2) is 5.78 Å². The van der Waals surface area contributed by atoms with Crippen LogP contribution in [0.1, 0.15) is 41.3 Å². The van der Waals surface area contributed by atoms with Crippen LogP contribution in [0.2, 0.25) is 10.0 Å². The number of rotatable bonds is 4. The zero-order chi connectivity index (χ0) is 15.4. The molecule has 0 aliphatic carbocycles. The molecule has 2 aromatic rings. The van der Waals surface area contributed by atoms with Crippen LogP contribution in [-0.2, 0) is 0 Å². The van der Waals surface area contributed by atoms with E-state index in [1.54, 1.807) is 24.3 Å². The molecule has 0 radical (unpaired) electrons. The van der Waals surface area contributed by atoms with Gasteiger partial charge in [-0.3, -0.25) is 4.79 Å². The molecule has 0 unspecified atom stereocenters. The van der Waals surface area contributed by atoms with Gasteiger partial charge in [0.1, 0.15) is 0 Å². The lowest BCUT2D eigenvalue weighted by Gasteiger charge is -2.04. The van der Waals surface area contributed by atoms with Crippen molar-refractivity contribution in [2.24, 2.45) is 0 Å². The lowest BCUT2D eigenvalue weighted by Crippen LogP contribution is -1.95. The second kappa shape index (κ2) is 6.93. The lowest BCUT2D eigenvalue weighted by molar-refractivity contribution is 0.104. The number of carbonyl (C=O) groups is 1. The summed E-state index contributed by atoms with van der Waals surface area (Å²) in [6.07, 6.45) is 3.30. The molecule has 3 heteroatoms. The van der Waals surface area contributed by atoms with Crippen LogP contribution in [0, 0.1) is 0 Å². The minimum atomic E-state index is -0.157. The Hall–Kier alpha value is -1.57. The SMILES string of the molecule is CC(C)c1ccc(C=CC(=O)c2cc(Cl)ccc2Cl)cc1. The van der Waals surface area contributed by atoms with E-state index in [2.05, 4.69) is 26.0 Å². The smallest absolute Gasteiger partial charge is 0.187 e. The van der Waals surface area contributed by atoms with Crippen LogP contribution in [0.15, 0.2) is 48.5 Å². The molecule has 0 bridgehead atoms. The van der Waals surface area contributed by atoms with E-state index in [0.717, 1.165) is 5.56 Å². The number of hydrogen-bond donors (Lipinski definition) is 0. The van der Waals surface area contributed by atoms with Gasteiger partial charge in [-0.05, 0) is 41.3 Å². The molecule has 2 rings (SSSR count). The predicted octanol–water partition coefficient (Wildman–Crippen LogP) is 6.01. The van der Waals surface area contributed by atoms with Crippen LogP contribution in [0.4, 0.5) is 0 Å². The fourth-order valence-corrected chi connectivity index (χ4v) is 2.32. The molecular formula is C18H16Cl2O. The maximum absolute atomic E-state index is 12.1. The van der Waals surface area contributed by atoms with Gasteiger partial charge in [0.25, 0.3) is 0 Å². The van der Waals surface area contributed by atoms with Gasteiger partial charge in [0, 0.05) is 10.6 Å². The van der Waals surface area contributed by atoms with E-state index in [4.69, 9.17) is 23.2 Å². The average Bonchev–Trinajstić information content (AvgIpc) is 2.47. The maximum atomic E-state index is 12.1. The summed E-state index contributed by atoms with van der Waals surface area (Å²) in [7, 11) is 0. The van der Waals surface area contributed by atoms with E-state index in [9.17, 15) is 4.79 Å². The van der Waals surface area contributed by atoms with Gasteiger partial charge in [-0.1, -0.05) is 67.4 Å². The van der Waals surface area contributed by atoms with Crippen molar-refractivity contribution in [3.63, 3.8) is 0 Å². The molecule has 0 saturated carbocycles. The Labute approximate surface area is 135 Å². The first kappa shape index (κ1) is 15.8. The summed E-state index contributed by atoms with van der Waals surface area (Å²) >= 11 is 11.9. The van der Waals surface area contributed by atoms with Crippen molar-refractivity contribution in [1.29, 1.82) is 0 Å². The molecule has 1 nitrogen and oxygen atoms in total. The van der Waals surface area contributed by atoms with E-state index < -0.39 is 0 Å². The highest BCUT2D eigenvalue weighted by molar-refractivity contribution is 6.36. The Morgan fingerprint density at radius 3 is 2.33 bits per heavy atom. The highest BCUT2D eigenvalue weighted by atomic mass is 35.5. The molecule has 0 aliphatic heterocycles. The minimum absolute atomic E-state index is 0.157. The first-order chi connectivity index (χ1) is 9.97. The van der Waals surface area contributed by atoms with Gasteiger partial charge in [0.15, 0.2) is 5.78 Å². The number of allylic oxidation sites excluding steroid dienone is 1. The monoisotopic (exact) mass is 318 g/mol. The standard InChI is InChI=1S/C18H16Cl2O/c1-12(2)14-6-3-13(4-7-14)5-10-18(21)16-11-15(19)8-9-17(16)20/h3-12H,1-2H3. The van der Waals surface area contributed by atoms with Gasteiger partial charge in [0.05, 0.1) is 5.02 Å². The third-order valence-electron chi connectivity index (χ3n) is 3.22. The van der Waals surface area contributed by atoms with E-state index in [1.807, 2.05) is 12.1 Å². The van der Waals surface area contributed by atoms with Crippen molar-refractivity contribution in [2.45, 2.75) is 19.8 Å². The lowest BCUT2D eigenvalue weighted by atomic mass is 10.0. The average molecular weight is 319 g/mol. The molecule has 0 atom stereocenters. The molecule has 0 aromatic heterocycles. The molecule has 2 aromatic carbocycles. The summed E-state index contributed by atoms with van der Waals surface area (Å²) in [6.45, 7) is 4.30. The topological polar surface area (TPSA) is 17.1 Å². The normalized spacial score (nSPS) is 11.3. The Kier molecular flexibility index (Phi) is 5.22. The van der Waals surface area contributed by atoms with E-state index >= 15 is 0 Å². The van der Waals surface area contributed by atoms with Crippen molar-refractivity contribution in [3.05, 3.63) is 75.3 Å². The second-order valence-corrected chi connectivity index (χ2v) is 5.99. The molecule has 0 heterocycles. The molecular weight excluding hydrogens is 303 g/mol. The Morgan fingerprint density at radius 2 is 1.71 bits per heavy atom. The molecule has 0 spiro atoms. The highest BCUT2D eigenvalue weighted by Crippen LogP contribution is 2.22. The van der Waals surface area contributed by atoms with Gasteiger partial charge < -0.3 is 0 Å². The first-order valence-electron chi connectivity index (χ1n) is 6.75. The summed E-state index contributed by atoms with van der Waals surface area (Å²) in [6, 6.07) is 13.0. The third-order valence-corrected chi connectivity index (χ3v) is 3.79. The first-order valence-corrected chi connectivity index (χ1v) is 7.50. The molecule has 0 amide bonds. The van der Waals surface area contributed by atoms with Crippen LogP contribution < -0.4 is 0 Å². The fraction of sp³-hybridized carbons (Fsp3) is 0.167. The van der Waals surface area contributed by atoms with Gasteiger partial charge in [-0.15, -0.1) is 0 Å². The minimum Gasteiger partial charge on any atom is -0.289 e. The van der Waals surface area contributed by atoms with Gasteiger partial charge in [0.2, 0.25) is 0 Å². The number of ketones is 1. The van der Waals surface area contributed by atoms with Gasteiger partial charge in [-0.2, -0.15) is 0 Å².